The third kappa shape index (κ3) is 5.17. The summed E-state index contributed by atoms with van der Waals surface area (Å²) in [5.74, 6) is -0.429. The average molecular weight is 354 g/mol. The maximum absolute atomic E-state index is 12.9. The average Bonchev–Trinajstić information content (AvgIpc) is 2.47. The maximum Gasteiger partial charge on any atom is 0.281 e. The number of hydrogen-bond donors (Lipinski definition) is 1. The highest BCUT2D eigenvalue weighted by atomic mass is 79.9. The van der Waals surface area contributed by atoms with Crippen LogP contribution in [0, 0.1) is 5.82 Å². The van der Waals surface area contributed by atoms with Crippen molar-refractivity contribution >= 4 is 21.8 Å². The van der Waals surface area contributed by atoms with Crippen LogP contribution in [0.3, 0.4) is 0 Å². The van der Waals surface area contributed by atoms with E-state index in [-0.39, 0.29) is 19.0 Å². The van der Waals surface area contributed by atoms with Crippen LogP contribution in [-0.4, -0.2) is 12.5 Å². The minimum absolute atomic E-state index is 0.223. The van der Waals surface area contributed by atoms with Crippen molar-refractivity contribution in [3.8, 4) is 5.75 Å². The lowest BCUT2D eigenvalue weighted by Crippen LogP contribution is -2.29. The zero-order valence-corrected chi connectivity index (χ0v) is 12.6. The highest BCUT2D eigenvalue weighted by Crippen LogP contribution is 2.25. The number of hydroxylamine groups is 1. The zero-order chi connectivity index (χ0) is 15.1. The first-order valence-corrected chi connectivity index (χ1v) is 6.97. The lowest BCUT2D eigenvalue weighted by molar-refractivity contribution is -0.136. The van der Waals surface area contributed by atoms with E-state index in [1.807, 2.05) is 30.3 Å². The van der Waals surface area contributed by atoms with E-state index in [9.17, 15) is 9.18 Å². The van der Waals surface area contributed by atoms with Crippen molar-refractivity contribution in [2.45, 2.75) is 6.61 Å². The molecule has 6 heteroatoms. The summed E-state index contributed by atoms with van der Waals surface area (Å²) in [7, 11) is 0. The number of rotatable bonds is 6. The topological polar surface area (TPSA) is 47.6 Å². The van der Waals surface area contributed by atoms with Crippen LogP contribution in [0.2, 0.25) is 0 Å². The monoisotopic (exact) mass is 353 g/mol. The molecule has 0 radical (unpaired) electrons. The van der Waals surface area contributed by atoms with E-state index >= 15 is 0 Å². The van der Waals surface area contributed by atoms with Gasteiger partial charge >= 0.3 is 0 Å². The highest BCUT2D eigenvalue weighted by Gasteiger charge is 2.06. The van der Waals surface area contributed by atoms with Gasteiger partial charge in [-0.15, -0.1) is 0 Å². The Kier molecular flexibility index (Phi) is 5.71. The van der Waals surface area contributed by atoms with Gasteiger partial charge in [0.2, 0.25) is 0 Å². The Hall–Kier alpha value is -1.92. The number of amides is 1. The summed E-state index contributed by atoms with van der Waals surface area (Å²) in [4.78, 5) is 16.6. The van der Waals surface area contributed by atoms with Gasteiger partial charge in [0.05, 0.1) is 11.1 Å². The molecular weight excluding hydrogens is 341 g/mol. The molecule has 1 amide bonds. The minimum atomic E-state index is -0.429. The molecule has 0 aromatic heterocycles. The summed E-state index contributed by atoms with van der Waals surface area (Å²) in [6.07, 6.45) is 0. The van der Waals surface area contributed by atoms with Gasteiger partial charge in [0.1, 0.15) is 11.6 Å². The Bertz CT molecular complexity index is 607. The lowest BCUT2D eigenvalue weighted by Gasteiger charge is -2.09. The molecule has 2 aromatic carbocycles. The number of halogens is 2. The van der Waals surface area contributed by atoms with Crippen molar-refractivity contribution in [1.29, 1.82) is 0 Å². The van der Waals surface area contributed by atoms with Gasteiger partial charge in [0.25, 0.3) is 5.91 Å². The molecule has 0 saturated heterocycles. The predicted molar refractivity (Wildman–Crippen MR) is 79.0 cm³/mol. The molecule has 1 N–H and O–H groups in total. The fourth-order valence-corrected chi connectivity index (χ4v) is 2.00. The molecule has 0 fully saturated rings. The molecule has 2 rings (SSSR count). The van der Waals surface area contributed by atoms with Crippen LogP contribution in [0.25, 0.3) is 0 Å². The Balaban J connectivity index is 1.72. The van der Waals surface area contributed by atoms with Gasteiger partial charge < -0.3 is 4.74 Å². The van der Waals surface area contributed by atoms with Gasteiger partial charge in [-0.3, -0.25) is 9.63 Å². The maximum atomic E-state index is 12.9. The van der Waals surface area contributed by atoms with Crippen LogP contribution in [-0.2, 0) is 16.2 Å². The molecule has 21 heavy (non-hydrogen) atoms. The van der Waals surface area contributed by atoms with Crippen molar-refractivity contribution < 1.29 is 18.8 Å². The Labute approximate surface area is 130 Å². The van der Waals surface area contributed by atoms with Crippen molar-refractivity contribution in [3.05, 3.63) is 64.4 Å². The molecule has 2 aromatic rings. The number of nitrogens with one attached hydrogen (secondary N) is 1. The number of carbonyl (C=O) groups excluding carboxylic acids is 1. The SMILES string of the molecule is O=C(COc1ccc(F)cc1Br)NOCc1ccccc1. The van der Waals surface area contributed by atoms with Gasteiger partial charge in [-0.1, -0.05) is 30.3 Å². The second kappa shape index (κ2) is 7.75. The van der Waals surface area contributed by atoms with Crippen molar-refractivity contribution in [2.75, 3.05) is 6.61 Å². The molecule has 0 aliphatic heterocycles. The van der Waals surface area contributed by atoms with Gasteiger partial charge in [-0.25, -0.2) is 9.87 Å². The molecule has 110 valence electrons. The molecule has 4 nitrogen and oxygen atoms in total. The molecule has 0 saturated carbocycles. The number of hydrogen-bond acceptors (Lipinski definition) is 3. The van der Waals surface area contributed by atoms with Gasteiger partial charge in [-0.05, 0) is 39.7 Å². The van der Waals surface area contributed by atoms with E-state index in [4.69, 9.17) is 9.57 Å². The predicted octanol–water partition coefficient (Wildman–Crippen LogP) is 3.22. The summed E-state index contributed by atoms with van der Waals surface area (Å²) in [6.45, 7) is 0.0475. The van der Waals surface area contributed by atoms with Gasteiger partial charge in [-0.2, -0.15) is 0 Å². The Morgan fingerprint density at radius 2 is 1.95 bits per heavy atom. The van der Waals surface area contributed by atoms with E-state index < -0.39 is 5.91 Å². The number of benzene rings is 2. The van der Waals surface area contributed by atoms with E-state index in [1.165, 1.54) is 18.2 Å². The number of ether oxygens (including phenoxy) is 1. The minimum Gasteiger partial charge on any atom is -0.483 e. The number of carbonyl (C=O) groups is 1. The second-order valence-electron chi connectivity index (χ2n) is 4.16. The van der Waals surface area contributed by atoms with E-state index in [0.29, 0.717) is 10.2 Å². The lowest BCUT2D eigenvalue weighted by atomic mass is 10.2. The van der Waals surface area contributed by atoms with E-state index in [0.717, 1.165) is 5.56 Å². The zero-order valence-electron chi connectivity index (χ0n) is 11.0. The smallest absolute Gasteiger partial charge is 0.281 e. The Morgan fingerprint density at radius 1 is 1.19 bits per heavy atom. The molecular formula is C15H13BrFNO3. The second-order valence-corrected chi connectivity index (χ2v) is 5.02. The molecule has 0 atom stereocenters. The van der Waals surface area contributed by atoms with Crippen molar-refractivity contribution in [3.63, 3.8) is 0 Å². The molecule has 0 aliphatic carbocycles. The third-order valence-electron chi connectivity index (χ3n) is 2.52. The van der Waals surface area contributed by atoms with Crippen LogP contribution >= 0.6 is 15.9 Å². The summed E-state index contributed by atoms with van der Waals surface area (Å²) in [5.41, 5.74) is 3.22. The van der Waals surface area contributed by atoms with Crippen LogP contribution in [0.1, 0.15) is 5.56 Å². The first kappa shape index (κ1) is 15.5. The largest absolute Gasteiger partial charge is 0.483 e. The molecule has 0 unspecified atom stereocenters. The highest BCUT2D eigenvalue weighted by molar-refractivity contribution is 9.10. The molecule has 0 spiro atoms. The summed E-state index contributed by atoms with van der Waals surface area (Å²) >= 11 is 3.15. The fourth-order valence-electron chi connectivity index (χ4n) is 1.54. The van der Waals surface area contributed by atoms with Crippen molar-refractivity contribution in [2.24, 2.45) is 0 Å². The van der Waals surface area contributed by atoms with Crippen molar-refractivity contribution in [1.82, 2.24) is 5.48 Å². The van der Waals surface area contributed by atoms with Gasteiger partial charge in [0.15, 0.2) is 6.61 Å². The molecule has 0 heterocycles. The molecule has 0 aliphatic rings. The standard InChI is InChI=1S/C15H13BrFNO3/c16-13-8-12(17)6-7-14(13)20-10-15(19)18-21-9-11-4-2-1-3-5-11/h1-8H,9-10H2,(H,18,19). The van der Waals surface area contributed by atoms with E-state index in [2.05, 4.69) is 21.4 Å². The van der Waals surface area contributed by atoms with E-state index in [1.54, 1.807) is 0 Å². The first-order chi connectivity index (χ1) is 10.1. The summed E-state index contributed by atoms with van der Waals surface area (Å²) in [6, 6.07) is 13.4. The van der Waals surface area contributed by atoms with Crippen LogP contribution in [0.4, 0.5) is 4.39 Å². The van der Waals surface area contributed by atoms with Crippen LogP contribution in [0.15, 0.2) is 53.0 Å². The first-order valence-electron chi connectivity index (χ1n) is 6.17. The summed E-state index contributed by atoms with van der Waals surface area (Å²) < 4.78 is 18.6. The van der Waals surface area contributed by atoms with Gasteiger partial charge in [0, 0.05) is 0 Å². The Morgan fingerprint density at radius 3 is 2.67 bits per heavy atom. The normalized spacial score (nSPS) is 10.2. The fraction of sp³-hybridized carbons (Fsp3) is 0.133. The van der Waals surface area contributed by atoms with Crippen LogP contribution < -0.4 is 10.2 Å². The molecule has 0 bridgehead atoms. The summed E-state index contributed by atoms with van der Waals surface area (Å²) in [5, 5.41) is 0. The quantitative estimate of drug-likeness (QED) is 0.811. The third-order valence-corrected chi connectivity index (χ3v) is 3.14. The van der Waals surface area contributed by atoms with Crippen LogP contribution in [0.5, 0.6) is 5.75 Å².